The minimum Gasteiger partial charge on any atom is -0.492 e. The molecule has 3 heteroatoms. The summed E-state index contributed by atoms with van der Waals surface area (Å²) < 4.78 is 7.71. The van der Waals surface area contributed by atoms with Gasteiger partial charge in [-0.1, -0.05) is 26.0 Å². The SMILES string of the molecule is CC[C@@H](C)c1ccc(OCCn2ccnc2)cc1. The maximum Gasteiger partial charge on any atom is 0.119 e. The van der Waals surface area contributed by atoms with Gasteiger partial charge in [0.2, 0.25) is 0 Å². The zero-order valence-corrected chi connectivity index (χ0v) is 11.0. The molecule has 0 spiro atoms. The van der Waals surface area contributed by atoms with Crippen molar-refractivity contribution in [3.63, 3.8) is 0 Å². The topological polar surface area (TPSA) is 27.1 Å². The number of nitrogens with zero attached hydrogens (tertiary/aromatic N) is 2. The van der Waals surface area contributed by atoms with Crippen LogP contribution in [0.1, 0.15) is 31.7 Å². The van der Waals surface area contributed by atoms with Crippen LogP contribution in [0.15, 0.2) is 43.0 Å². The lowest BCUT2D eigenvalue weighted by molar-refractivity contribution is 0.298. The van der Waals surface area contributed by atoms with Crippen LogP contribution in [0.25, 0.3) is 0 Å². The second-order valence-electron chi connectivity index (χ2n) is 4.53. The first kappa shape index (κ1) is 12.7. The molecule has 96 valence electrons. The van der Waals surface area contributed by atoms with Crippen molar-refractivity contribution < 1.29 is 4.74 Å². The van der Waals surface area contributed by atoms with Gasteiger partial charge in [0.25, 0.3) is 0 Å². The summed E-state index contributed by atoms with van der Waals surface area (Å²) in [5.74, 6) is 1.55. The Morgan fingerprint density at radius 2 is 2.06 bits per heavy atom. The van der Waals surface area contributed by atoms with Gasteiger partial charge < -0.3 is 9.30 Å². The Bertz CT molecular complexity index is 448. The first-order valence-corrected chi connectivity index (χ1v) is 6.48. The third-order valence-corrected chi connectivity index (χ3v) is 3.24. The van der Waals surface area contributed by atoms with Gasteiger partial charge in [-0.15, -0.1) is 0 Å². The number of hydrogen-bond acceptors (Lipinski definition) is 2. The molecular weight excluding hydrogens is 224 g/mol. The molecule has 0 amide bonds. The fourth-order valence-corrected chi connectivity index (χ4v) is 1.82. The van der Waals surface area contributed by atoms with Crippen LogP contribution in [0, 0.1) is 0 Å². The van der Waals surface area contributed by atoms with Crippen LogP contribution >= 0.6 is 0 Å². The van der Waals surface area contributed by atoms with Gasteiger partial charge in [0.1, 0.15) is 12.4 Å². The molecule has 2 rings (SSSR count). The van der Waals surface area contributed by atoms with Gasteiger partial charge >= 0.3 is 0 Å². The van der Waals surface area contributed by atoms with Crippen molar-refractivity contribution in [2.24, 2.45) is 0 Å². The summed E-state index contributed by atoms with van der Waals surface area (Å²) in [6.07, 6.45) is 6.69. The quantitative estimate of drug-likeness (QED) is 0.778. The van der Waals surface area contributed by atoms with Gasteiger partial charge in [-0.3, -0.25) is 0 Å². The van der Waals surface area contributed by atoms with Crippen LogP contribution < -0.4 is 4.74 Å². The maximum absolute atomic E-state index is 5.70. The van der Waals surface area contributed by atoms with Crippen LogP contribution in [0.2, 0.25) is 0 Å². The van der Waals surface area contributed by atoms with E-state index in [0.717, 1.165) is 12.3 Å². The summed E-state index contributed by atoms with van der Waals surface area (Å²) >= 11 is 0. The number of ether oxygens (including phenoxy) is 1. The van der Waals surface area contributed by atoms with E-state index in [0.29, 0.717) is 12.5 Å². The minimum absolute atomic E-state index is 0.616. The number of rotatable bonds is 6. The molecule has 3 nitrogen and oxygen atoms in total. The monoisotopic (exact) mass is 244 g/mol. The van der Waals surface area contributed by atoms with Crippen LogP contribution in [0.3, 0.4) is 0 Å². The second kappa shape index (κ2) is 6.24. The summed E-state index contributed by atoms with van der Waals surface area (Å²) in [5.41, 5.74) is 1.37. The highest BCUT2D eigenvalue weighted by Crippen LogP contribution is 2.21. The molecule has 2 aromatic rings. The van der Waals surface area contributed by atoms with Crippen molar-refractivity contribution in [3.8, 4) is 5.75 Å². The van der Waals surface area contributed by atoms with E-state index < -0.39 is 0 Å². The lowest BCUT2D eigenvalue weighted by Gasteiger charge is -2.11. The van der Waals surface area contributed by atoms with Crippen molar-refractivity contribution in [3.05, 3.63) is 48.5 Å². The highest BCUT2D eigenvalue weighted by molar-refractivity contribution is 5.29. The van der Waals surface area contributed by atoms with Gasteiger partial charge in [-0.2, -0.15) is 0 Å². The molecule has 0 N–H and O–H groups in total. The number of imidazole rings is 1. The van der Waals surface area contributed by atoms with E-state index in [9.17, 15) is 0 Å². The van der Waals surface area contributed by atoms with E-state index in [1.54, 1.807) is 12.5 Å². The first-order valence-electron chi connectivity index (χ1n) is 6.48. The van der Waals surface area contributed by atoms with Gasteiger partial charge in [0, 0.05) is 12.4 Å². The lowest BCUT2D eigenvalue weighted by Crippen LogP contribution is -2.06. The molecule has 18 heavy (non-hydrogen) atoms. The normalized spacial score (nSPS) is 12.3. The molecule has 1 atom stereocenters. The molecular formula is C15H20N2O. The Balaban J connectivity index is 1.83. The van der Waals surface area contributed by atoms with E-state index >= 15 is 0 Å². The molecule has 0 saturated heterocycles. The number of benzene rings is 1. The smallest absolute Gasteiger partial charge is 0.119 e. The molecule has 0 unspecified atom stereocenters. The third kappa shape index (κ3) is 3.36. The van der Waals surface area contributed by atoms with Crippen LogP contribution in [0.5, 0.6) is 5.75 Å². The van der Waals surface area contributed by atoms with E-state index in [2.05, 4.69) is 43.1 Å². The first-order chi connectivity index (χ1) is 8.79. The van der Waals surface area contributed by atoms with Crippen molar-refractivity contribution in [1.29, 1.82) is 0 Å². The average Bonchev–Trinajstić information content (AvgIpc) is 2.92. The predicted octanol–water partition coefficient (Wildman–Crippen LogP) is 3.48. The second-order valence-corrected chi connectivity index (χ2v) is 4.53. The molecule has 1 heterocycles. The van der Waals surface area contributed by atoms with Crippen molar-refractivity contribution >= 4 is 0 Å². The summed E-state index contributed by atoms with van der Waals surface area (Å²) in [4.78, 5) is 4.00. The Morgan fingerprint density at radius 1 is 1.28 bits per heavy atom. The summed E-state index contributed by atoms with van der Waals surface area (Å²) in [6, 6.07) is 8.41. The zero-order chi connectivity index (χ0) is 12.8. The van der Waals surface area contributed by atoms with Crippen molar-refractivity contribution in [2.45, 2.75) is 32.7 Å². The molecule has 0 aliphatic carbocycles. The Morgan fingerprint density at radius 3 is 2.67 bits per heavy atom. The molecule has 1 aromatic carbocycles. The highest BCUT2D eigenvalue weighted by atomic mass is 16.5. The standard InChI is InChI=1S/C15H20N2O/c1-3-13(2)14-4-6-15(7-5-14)18-11-10-17-9-8-16-12-17/h4-9,12-13H,3,10-11H2,1-2H3/t13-/m1/s1. The Hall–Kier alpha value is -1.77. The number of aromatic nitrogens is 2. The van der Waals surface area contributed by atoms with Gasteiger partial charge in [0.15, 0.2) is 0 Å². The van der Waals surface area contributed by atoms with Gasteiger partial charge in [-0.05, 0) is 30.0 Å². The van der Waals surface area contributed by atoms with E-state index in [-0.39, 0.29) is 0 Å². The van der Waals surface area contributed by atoms with Crippen molar-refractivity contribution in [1.82, 2.24) is 9.55 Å². The predicted molar refractivity (Wildman–Crippen MR) is 72.9 cm³/mol. The maximum atomic E-state index is 5.70. The highest BCUT2D eigenvalue weighted by Gasteiger charge is 2.02. The molecule has 0 fully saturated rings. The molecule has 0 radical (unpaired) electrons. The summed E-state index contributed by atoms with van der Waals surface area (Å²) in [7, 11) is 0. The summed E-state index contributed by atoms with van der Waals surface area (Å²) in [5, 5.41) is 0. The van der Waals surface area contributed by atoms with E-state index in [4.69, 9.17) is 4.74 Å². The van der Waals surface area contributed by atoms with Gasteiger partial charge in [0.05, 0.1) is 12.9 Å². The van der Waals surface area contributed by atoms with Crippen LogP contribution in [-0.4, -0.2) is 16.2 Å². The minimum atomic E-state index is 0.616. The van der Waals surface area contributed by atoms with E-state index in [1.165, 1.54) is 12.0 Å². The van der Waals surface area contributed by atoms with Crippen molar-refractivity contribution in [2.75, 3.05) is 6.61 Å². The number of hydrogen-bond donors (Lipinski definition) is 0. The average molecular weight is 244 g/mol. The fraction of sp³-hybridized carbons (Fsp3) is 0.400. The molecule has 0 aliphatic heterocycles. The van der Waals surface area contributed by atoms with Gasteiger partial charge in [-0.25, -0.2) is 4.98 Å². The van der Waals surface area contributed by atoms with Crippen LogP contribution in [0.4, 0.5) is 0 Å². The largest absolute Gasteiger partial charge is 0.492 e. The summed E-state index contributed by atoms with van der Waals surface area (Å²) in [6.45, 7) is 5.95. The fourth-order valence-electron chi connectivity index (χ4n) is 1.82. The molecule has 0 bridgehead atoms. The van der Waals surface area contributed by atoms with E-state index in [1.807, 2.05) is 10.8 Å². The van der Waals surface area contributed by atoms with Crippen LogP contribution in [-0.2, 0) is 6.54 Å². The Kier molecular flexibility index (Phi) is 4.40. The zero-order valence-electron chi connectivity index (χ0n) is 11.0. The molecule has 1 aromatic heterocycles. The lowest BCUT2D eigenvalue weighted by atomic mass is 9.99. The Labute approximate surface area is 108 Å². The molecule has 0 saturated carbocycles. The third-order valence-electron chi connectivity index (χ3n) is 3.24. The molecule has 0 aliphatic rings.